The number of hydrogen-bond acceptors (Lipinski definition) is 3. The standard InChI is InChI=1S/C63H39NO2/c1-3-19-42(20-4-1)63(43-21-5-2-6-22-43)54-29-13-11-25-47(54)48-38-35-44(39-55(48)63)64(57-31-16-32-58-59(57)53-37-34-41-18-8-10-24-46(41)61(53)65-58)56-30-14-12-26-49(56)50-27-15-28-51-52-36-33-40-17-7-9-23-45(40)60(52)66-62(50)51/h1-39H. The van der Waals surface area contributed by atoms with E-state index in [1.165, 1.54) is 33.4 Å². The summed E-state index contributed by atoms with van der Waals surface area (Å²) < 4.78 is 13.9. The van der Waals surface area contributed by atoms with E-state index >= 15 is 0 Å². The van der Waals surface area contributed by atoms with Crippen molar-refractivity contribution in [3.63, 3.8) is 0 Å². The molecule has 0 atom stereocenters. The summed E-state index contributed by atoms with van der Waals surface area (Å²) in [5.74, 6) is 0. The number of hydrogen-bond donors (Lipinski definition) is 0. The summed E-state index contributed by atoms with van der Waals surface area (Å²) in [6.07, 6.45) is 0. The highest BCUT2D eigenvalue weighted by molar-refractivity contribution is 6.21. The van der Waals surface area contributed by atoms with E-state index < -0.39 is 5.41 Å². The van der Waals surface area contributed by atoms with Crippen LogP contribution in [0.1, 0.15) is 22.3 Å². The average Bonchev–Trinajstić information content (AvgIpc) is 4.06. The van der Waals surface area contributed by atoms with Crippen LogP contribution in [0.25, 0.3) is 87.7 Å². The lowest BCUT2D eigenvalue weighted by atomic mass is 9.67. The van der Waals surface area contributed by atoms with Crippen molar-refractivity contribution in [1.82, 2.24) is 0 Å². The normalized spacial score (nSPS) is 13.0. The summed E-state index contributed by atoms with van der Waals surface area (Å²) in [5.41, 5.74) is 15.5. The second-order valence-corrected chi connectivity index (χ2v) is 17.5. The van der Waals surface area contributed by atoms with Crippen LogP contribution < -0.4 is 4.90 Å². The summed E-state index contributed by atoms with van der Waals surface area (Å²) in [6.45, 7) is 0. The third-order valence-corrected chi connectivity index (χ3v) is 14.1. The highest BCUT2D eigenvalue weighted by Gasteiger charge is 2.46. The van der Waals surface area contributed by atoms with E-state index in [-0.39, 0.29) is 0 Å². The zero-order chi connectivity index (χ0) is 43.3. The fraction of sp³-hybridized carbons (Fsp3) is 0.0159. The molecule has 0 spiro atoms. The van der Waals surface area contributed by atoms with Crippen molar-refractivity contribution >= 4 is 82.5 Å². The molecule has 0 radical (unpaired) electrons. The first kappa shape index (κ1) is 36.8. The third kappa shape index (κ3) is 5.14. The SMILES string of the molecule is c1ccc(C2(c3ccccc3)c3ccccc3-c3ccc(N(c4ccccc4-c4cccc5c4oc4c6ccccc6ccc54)c4cccc5oc6c7ccccc7ccc6c45)cc32)cc1. The average molecular weight is 842 g/mol. The van der Waals surface area contributed by atoms with Crippen LogP contribution in [-0.4, -0.2) is 0 Å². The van der Waals surface area contributed by atoms with Gasteiger partial charge >= 0.3 is 0 Å². The molecule has 0 saturated carbocycles. The Morgan fingerprint density at radius 2 is 0.864 bits per heavy atom. The Morgan fingerprint density at radius 1 is 0.318 bits per heavy atom. The number of furan rings is 2. The quantitative estimate of drug-likeness (QED) is 0.167. The van der Waals surface area contributed by atoms with Gasteiger partial charge in [-0.05, 0) is 86.6 Å². The first-order valence-electron chi connectivity index (χ1n) is 22.7. The van der Waals surface area contributed by atoms with Gasteiger partial charge in [0.25, 0.3) is 0 Å². The Bertz CT molecular complexity index is 4030. The maximum atomic E-state index is 7.04. The van der Waals surface area contributed by atoms with Gasteiger partial charge in [-0.15, -0.1) is 0 Å². The molecule has 66 heavy (non-hydrogen) atoms. The van der Waals surface area contributed by atoms with Crippen LogP contribution in [-0.2, 0) is 5.41 Å². The Morgan fingerprint density at radius 3 is 1.62 bits per heavy atom. The molecule has 3 nitrogen and oxygen atoms in total. The molecule has 0 amide bonds. The molecule has 2 heterocycles. The minimum Gasteiger partial charge on any atom is -0.455 e. The first-order chi connectivity index (χ1) is 32.8. The van der Waals surface area contributed by atoms with E-state index in [0.29, 0.717) is 0 Å². The predicted octanol–water partition coefficient (Wildman–Crippen LogP) is 17.3. The maximum Gasteiger partial charge on any atom is 0.143 e. The largest absolute Gasteiger partial charge is 0.455 e. The van der Waals surface area contributed by atoms with Crippen LogP contribution in [0.5, 0.6) is 0 Å². The maximum absolute atomic E-state index is 7.04. The van der Waals surface area contributed by atoms with E-state index in [1.807, 2.05) is 0 Å². The van der Waals surface area contributed by atoms with Gasteiger partial charge < -0.3 is 13.7 Å². The topological polar surface area (TPSA) is 29.5 Å². The van der Waals surface area contributed by atoms with Gasteiger partial charge in [0.1, 0.15) is 22.3 Å². The van der Waals surface area contributed by atoms with Crippen LogP contribution in [0.2, 0.25) is 0 Å². The number of anilines is 3. The molecule has 308 valence electrons. The molecule has 13 aromatic rings. The van der Waals surface area contributed by atoms with Gasteiger partial charge in [-0.3, -0.25) is 0 Å². The van der Waals surface area contributed by atoms with E-state index in [9.17, 15) is 0 Å². The first-order valence-corrected chi connectivity index (χ1v) is 22.7. The molecule has 11 aromatic carbocycles. The van der Waals surface area contributed by atoms with Crippen LogP contribution in [0.4, 0.5) is 17.1 Å². The fourth-order valence-corrected chi connectivity index (χ4v) is 11.3. The monoisotopic (exact) mass is 841 g/mol. The minimum atomic E-state index is -0.578. The molecule has 0 aliphatic heterocycles. The molecule has 2 aromatic heterocycles. The molecule has 1 aliphatic rings. The molecule has 0 unspecified atom stereocenters. The lowest BCUT2D eigenvalue weighted by Crippen LogP contribution is -2.28. The second kappa shape index (κ2) is 14.2. The van der Waals surface area contributed by atoms with E-state index in [1.54, 1.807) is 0 Å². The highest BCUT2D eigenvalue weighted by atomic mass is 16.3. The molecular weight excluding hydrogens is 803 g/mol. The summed E-state index contributed by atoms with van der Waals surface area (Å²) in [6, 6.07) is 85.8. The molecule has 0 saturated heterocycles. The van der Waals surface area contributed by atoms with Gasteiger partial charge in [0, 0.05) is 43.7 Å². The van der Waals surface area contributed by atoms with Crippen LogP contribution in [0.15, 0.2) is 245 Å². The van der Waals surface area contributed by atoms with Gasteiger partial charge in [0.05, 0.1) is 22.2 Å². The summed E-state index contributed by atoms with van der Waals surface area (Å²) in [4.78, 5) is 2.46. The van der Waals surface area contributed by atoms with Crippen LogP contribution >= 0.6 is 0 Å². The van der Waals surface area contributed by atoms with Crippen LogP contribution in [0.3, 0.4) is 0 Å². The number of para-hydroxylation sites is 2. The van der Waals surface area contributed by atoms with Gasteiger partial charge in [-0.2, -0.15) is 0 Å². The van der Waals surface area contributed by atoms with Crippen molar-refractivity contribution < 1.29 is 8.83 Å². The van der Waals surface area contributed by atoms with Gasteiger partial charge in [0.2, 0.25) is 0 Å². The lowest BCUT2D eigenvalue weighted by Gasteiger charge is -2.35. The van der Waals surface area contributed by atoms with Crippen molar-refractivity contribution in [1.29, 1.82) is 0 Å². The highest BCUT2D eigenvalue weighted by Crippen LogP contribution is 2.58. The van der Waals surface area contributed by atoms with E-state index in [2.05, 4.69) is 241 Å². The molecular formula is C63H39NO2. The molecule has 0 bridgehead atoms. The smallest absolute Gasteiger partial charge is 0.143 e. The Hall–Kier alpha value is -8.66. The van der Waals surface area contributed by atoms with Crippen molar-refractivity contribution in [2.24, 2.45) is 0 Å². The van der Waals surface area contributed by atoms with Gasteiger partial charge in [-0.25, -0.2) is 0 Å². The zero-order valence-electron chi connectivity index (χ0n) is 35.8. The van der Waals surface area contributed by atoms with Crippen LogP contribution in [0, 0.1) is 0 Å². The summed E-state index contributed by atoms with van der Waals surface area (Å²) >= 11 is 0. The molecule has 0 N–H and O–H groups in total. The number of fused-ring (bicyclic) bond motifs is 13. The predicted molar refractivity (Wildman–Crippen MR) is 273 cm³/mol. The molecule has 3 heteroatoms. The zero-order valence-corrected chi connectivity index (χ0v) is 35.8. The fourth-order valence-electron chi connectivity index (χ4n) is 11.3. The number of rotatable bonds is 6. The Balaban J connectivity index is 1.08. The van der Waals surface area contributed by atoms with Gasteiger partial charge in [-0.1, -0.05) is 194 Å². The third-order valence-electron chi connectivity index (χ3n) is 14.1. The van der Waals surface area contributed by atoms with Gasteiger partial charge in [0.15, 0.2) is 0 Å². The molecule has 14 rings (SSSR count). The molecule has 1 aliphatic carbocycles. The Labute approximate surface area is 381 Å². The number of nitrogens with zero attached hydrogens (tertiary/aromatic N) is 1. The van der Waals surface area contributed by atoms with E-state index in [4.69, 9.17) is 8.83 Å². The molecule has 0 fully saturated rings. The van der Waals surface area contributed by atoms with Crippen molar-refractivity contribution in [2.75, 3.05) is 4.90 Å². The second-order valence-electron chi connectivity index (χ2n) is 17.5. The lowest BCUT2D eigenvalue weighted by molar-refractivity contribution is 0.672. The number of benzene rings is 11. The summed E-state index contributed by atoms with van der Waals surface area (Å²) in [5, 5.41) is 8.85. The van der Waals surface area contributed by atoms with Crippen molar-refractivity contribution in [3.8, 4) is 22.3 Å². The van der Waals surface area contributed by atoms with Crippen molar-refractivity contribution in [2.45, 2.75) is 5.41 Å². The Kier molecular flexibility index (Phi) is 7.90. The minimum absolute atomic E-state index is 0.578. The summed E-state index contributed by atoms with van der Waals surface area (Å²) in [7, 11) is 0. The van der Waals surface area contributed by atoms with E-state index in [0.717, 1.165) is 93.6 Å². The van der Waals surface area contributed by atoms with Crippen molar-refractivity contribution in [3.05, 3.63) is 259 Å².